The number of rotatable bonds is 29. The van der Waals surface area contributed by atoms with Crippen molar-refractivity contribution < 1.29 is 39.8 Å². The van der Waals surface area contributed by atoms with Crippen LogP contribution in [0.5, 0.6) is 0 Å². The van der Waals surface area contributed by atoms with Gasteiger partial charge in [0.2, 0.25) is 5.91 Å². The SMILES string of the molecule is CCCCCCCC/C=C/C=C/[C@@H](O)[C@H](CO[C@H]1O[C@@H](CO)[C@H](O)C(O)C1O)NC(=O)CCCCCCCCCCCCCCC. The molecular formula is C37H69NO8. The highest BCUT2D eigenvalue weighted by atomic mass is 16.7. The molecule has 1 saturated heterocycles. The van der Waals surface area contributed by atoms with Crippen molar-refractivity contribution in [2.24, 2.45) is 0 Å². The molecule has 0 aromatic rings. The lowest BCUT2D eigenvalue weighted by Gasteiger charge is -2.40. The Bertz CT molecular complexity index is 776. The Kier molecular flexibility index (Phi) is 26.6. The fourth-order valence-corrected chi connectivity index (χ4v) is 5.74. The Hall–Kier alpha value is -1.33. The van der Waals surface area contributed by atoms with Crippen LogP contribution < -0.4 is 5.32 Å². The third-order valence-electron chi connectivity index (χ3n) is 8.83. The minimum absolute atomic E-state index is 0.198. The first-order valence-corrected chi connectivity index (χ1v) is 18.6. The molecule has 0 aromatic carbocycles. The van der Waals surface area contributed by atoms with E-state index in [1.165, 1.54) is 96.3 Å². The highest BCUT2D eigenvalue weighted by Gasteiger charge is 2.44. The summed E-state index contributed by atoms with van der Waals surface area (Å²) in [6, 6.07) is -0.829. The normalized spacial score (nSPS) is 23.3. The van der Waals surface area contributed by atoms with Crippen LogP contribution in [0.4, 0.5) is 0 Å². The van der Waals surface area contributed by atoms with Gasteiger partial charge in [-0.3, -0.25) is 4.79 Å². The molecular weight excluding hydrogens is 586 g/mol. The number of hydrogen-bond donors (Lipinski definition) is 6. The second-order valence-corrected chi connectivity index (χ2v) is 13.1. The zero-order valence-electron chi connectivity index (χ0n) is 29.1. The van der Waals surface area contributed by atoms with Crippen LogP contribution in [0.25, 0.3) is 0 Å². The Labute approximate surface area is 279 Å². The van der Waals surface area contributed by atoms with Crippen molar-refractivity contribution in [1.82, 2.24) is 5.32 Å². The molecule has 46 heavy (non-hydrogen) atoms. The van der Waals surface area contributed by atoms with Crippen molar-refractivity contribution in [1.29, 1.82) is 0 Å². The number of carbonyl (C=O) groups is 1. The fraction of sp³-hybridized carbons (Fsp3) is 0.865. The Morgan fingerprint density at radius 2 is 1.26 bits per heavy atom. The molecule has 0 aromatic heterocycles. The molecule has 2 unspecified atom stereocenters. The Balaban J connectivity index is 2.49. The van der Waals surface area contributed by atoms with Crippen LogP contribution in [-0.2, 0) is 14.3 Å². The molecule has 1 aliphatic heterocycles. The average Bonchev–Trinajstić information content (AvgIpc) is 3.05. The zero-order valence-corrected chi connectivity index (χ0v) is 29.1. The number of allylic oxidation sites excluding steroid dienone is 3. The molecule has 270 valence electrons. The van der Waals surface area contributed by atoms with E-state index >= 15 is 0 Å². The maximum atomic E-state index is 12.8. The Morgan fingerprint density at radius 1 is 0.739 bits per heavy atom. The molecule has 1 rings (SSSR count). The molecule has 1 heterocycles. The first kappa shape index (κ1) is 42.7. The summed E-state index contributed by atoms with van der Waals surface area (Å²) in [5.74, 6) is -0.198. The van der Waals surface area contributed by atoms with Crippen molar-refractivity contribution in [3.05, 3.63) is 24.3 Å². The highest BCUT2D eigenvalue weighted by Crippen LogP contribution is 2.22. The molecule has 7 atom stereocenters. The van der Waals surface area contributed by atoms with Gasteiger partial charge in [0.25, 0.3) is 0 Å². The predicted molar refractivity (Wildman–Crippen MR) is 184 cm³/mol. The van der Waals surface area contributed by atoms with Crippen LogP contribution in [0, 0.1) is 0 Å². The molecule has 1 fully saturated rings. The molecule has 0 radical (unpaired) electrons. The first-order valence-electron chi connectivity index (χ1n) is 18.6. The smallest absolute Gasteiger partial charge is 0.220 e. The third kappa shape index (κ3) is 20.1. The number of unbranched alkanes of at least 4 members (excludes halogenated alkanes) is 18. The molecule has 1 amide bonds. The quantitative estimate of drug-likeness (QED) is 0.0425. The van der Waals surface area contributed by atoms with Gasteiger partial charge in [0.1, 0.15) is 24.4 Å². The summed E-state index contributed by atoms with van der Waals surface area (Å²) < 4.78 is 11.1. The van der Waals surface area contributed by atoms with Crippen molar-refractivity contribution in [3.8, 4) is 0 Å². The minimum Gasteiger partial charge on any atom is -0.394 e. The van der Waals surface area contributed by atoms with Gasteiger partial charge in [-0.2, -0.15) is 0 Å². The van der Waals surface area contributed by atoms with Crippen LogP contribution in [-0.4, -0.2) is 87.5 Å². The van der Waals surface area contributed by atoms with Gasteiger partial charge in [0, 0.05) is 6.42 Å². The monoisotopic (exact) mass is 656 g/mol. The largest absolute Gasteiger partial charge is 0.394 e. The minimum atomic E-state index is -1.57. The second-order valence-electron chi connectivity index (χ2n) is 13.1. The van der Waals surface area contributed by atoms with Crippen LogP contribution in [0.1, 0.15) is 149 Å². The van der Waals surface area contributed by atoms with E-state index in [4.69, 9.17) is 9.47 Å². The van der Waals surface area contributed by atoms with Crippen molar-refractivity contribution in [3.63, 3.8) is 0 Å². The Morgan fingerprint density at radius 3 is 1.80 bits per heavy atom. The van der Waals surface area contributed by atoms with Crippen LogP contribution in [0.2, 0.25) is 0 Å². The predicted octanol–water partition coefficient (Wildman–Crippen LogP) is 5.99. The van der Waals surface area contributed by atoms with E-state index < -0.39 is 49.5 Å². The van der Waals surface area contributed by atoms with Crippen LogP contribution in [0.3, 0.4) is 0 Å². The van der Waals surface area contributed by atoms with Gasteiger partial charge in [-0.25, -0.2) is 0 Å². The lowest BCUT2D eigenvalue weighted by molar-refractivity contribution is -0.302. The summed E-state index contributed by atoms with van der Waals surface area (Å²) in [7, 11) is 0. The van der Waals surface area contributed by atoms with Gasteiger partial charge in [-0.15, -0.1) is 0 Å². The summed E-state index contributed by atoms with van der Waals surface area (Å²) in [6.07, 6.45) is 23.8. The summed E-state index contributed by atoms with van der Waals surface area (Å²) >= 11 is 0. The molecule has 0 spiro atoms. The van der Waals surface area contributed by atoms with E-state index in [-0.39, 0.29) is 12.5 Å². The summed E-state index contributed by atoms with van der Waals surface area (Å²) in [5, 5.41) is 53.7. The highest BCUT2D eigenvalue weighted by molar-refractivity contribution is 5.76. The number of nitrogens with one attached hydrogen (secondary N) is 1. The van der Waals surface area contributed by atoms with E-state index in [1.54, 1.807) is 12.2 Å². The molecule has 0 saturated carbocycles. The van der Waals surface area contributed by atoms with Gasteiger partial charge in [-0.1, -0.05) is 147 Å². The summed E-state index contributed by atoms with van der Waals surface area (Å²) in [4.78, 5) is 12.8. The maximum Gasteiger partial charge on any atom is 0.220 e. The second kappa shape index (κ2) is 28.7. The number of carbonyl (C=O) groups excluding carboxylic acids is 1. The molecule has 9 nitrogen and oxygen atoms in total. The maximum absolute atomic E-state index is 12.8. The lowest BCUT2D eigenvalue weighted by Crippen LogP contribution is -2.60. The van der Waals surface area contributed by atoms with Gasteiger partial charge in [-0.05, 0) is 19.3 Å². The average molecular weight is 656 g/mol. The zero-order chi connectivity index (χ0) is 33.8. The molecule has 9 heteroatoms. The van der Waals surface area contributed by atoms with Crippen molar-refractivity contribution >= 4 is 5.91 Å². The van der Waals surface area contributed by atoms with Crippen LogP contribution in [0.15, 0.2) is 24.3 Å². The summed E-state index contributed by atoms with van der Waals surface area (Å²) in [5.41, 5.74) is 0. The number of aliphatic hydroxyl groups is 5. The van der Waals surface area contributed by atoms with Gasteiger partial charge >= 0.3 is 0 Å². The van der Waals surface area contributed by atoms with Crippen LogP contribution >= 0.6 is 0 Å². The third-order valence-corrected chi connectivity index (χ3v) is 8.83. The molecule has 6 N–H and O–H groups in total. The van der Waals surface area contributed by atoms with E-state index in [0.717, 1.165) is 32.1 Å². The molecule has 0 aliphatic carbocycles. The van der Waals surface area contributed by atoms with Crippen molar-refractivity contribution in [2.75, 3.05) is 13.2 Å². The molecule has 1 aliphatic rings. The standard InChI is InChI=1S/C37H69NO8/c1-3-5-7-9-11-13-15-16-17-19-21-23-25-27-33(41)38-30(29-45-37-36(44)35(43)34(42)32(28-39)46-37)31(40)26-24-22-20-18-14-12-10-8-6-4-2/h20,22,24,26,30-32,34-37,39-40,42-44H,3-19,21,23,25,27-29H2,1-2H3,(H,38,41)/b22-20+,26-24+/t30-,31+,32-,34-,35?,36?,37-/m0/s1. The van der Waals surface area contributed by atoms with Gasteiger partial charge in [0.15, 0.2) is 6.29 Å². The fourth-order valence-electron chi connectivity index (χ4n) is 5.74. The van der Waals surface area contributed by atoms with Crippen molar-refractivity contribution in [2.45, 2.75) is 192 Å². The summed E-state index contributed by atoms with van der Waals surface area (Å²) in [6.45, 7) is 3.68. The number of amides is 1. The van der Waals surface area contributed by atoms with Gasteiger partial charge < -0.3 is 40.3 Å². The van der Waals surface area contributed by atoms with E-state index in [9.17, 15) is 30.3 Å². The van der Waals surface area contributed by atoms with E-state index in [0.29, 0.717) is 6.42 Å². The topological polar surface area (TPSA) is 149 Å². The van der Waals surface area contributed by atoms with E-state index in [1.807, 2.05) is 6.08 Å². The molecule has 0 bridgehead atoms. The van der Waals surface area contributed by atoms with Gasteiger partial charge in [0.05, 0.1) is 25.4 Å². The number of hydrogen-bond acceptors (Lipinski definition) is 8. The lowest BCUT2D eigenvalue weighted by atomic mass is 9.99. The first-order chi connectivity index (χ1) is 22.3. The number of aliphatic hydroxyl groups excluding tert-OH is 5. The van der Waals surface area contributed by atoms with E-state index in [2.05, 4.69) is 25.2 Å². The number of ether oxygens (including phenoxy) is 2.